The number of amides is 1. The first-order valence-corrected chi connectivity index (χ1v) is 15.0. The minimum absolute atomic E-state index is 0.0930. The zero-order valence-electron chi connectivity index (χ0n) is 23.6. The van der Waals surface area contributed by atoms with Crippen molar-refractivity contribution in [2.45, 2.75) is 55.8 Å². The number of halogens is 1. The van der Waals surface area contributed by atoms with E-state index in [-0.39, 0.29) is 29.9 Å². The van der Waals surface area contributed by atoms with Crippen LogP contribution in [0.5, 0.6) is 0 Å². The molecule has 0 aliphatic carbocycles. The molecular weight excluding hydrogens is 544 g/mol. The molecule has 5 nitrogen and oxygen atoms in total. The van der Waals surface area contributed by atoms with Crippen LogP contribution in [-0.2, 0) is 19.7 Å². The number of morpholine rings is 1. The van der Waals surface area contributed by atoms with Crippen LogP contribution >= 0.6 is 11.6 Å². The van der Waals surface area contributed by atoms with Crippen molar-refractivity contribution in [3.63, 3.8) is 0 Å². The summed E-state index contributed by atoms with van der Waals surface area (Å²) < 4.78 is 6.47. The van der Waals surface area contributed by atoms with E-state index in [0.717, 1.165) is 27.9 Å². The SMILES string of the molecule is CC(C)C[C@@H]1N2[C@H](c3ccccc3)[C@H](c3ccccc3)OC(=O)[C@H]2[C@H](c2ccccc2Cl)[C@@]12C(=O)Nc1ccccc12. The first-order valence-electron chi connectivity index (χ1n) is 14.7. The van der Waals surface area contributed by atoms with E-state index in [1.54, 1.807) is 0 Å². The van der Waals surface area contributed by atoms with E-state index < -0.39 is 23.5 Å². The lowest BCUT2D eigenvalue weighted by molar-refractivity contribution is -0.176. The van der Waals surface area contributed by atoms with Crippen molar-refractivity contribution in [1.82, 2.24) is 4.90 Å². The number of benzene rings is 4. The Labute approximate surface area is 251 Å². The largest absolute Gasteiger partial charge is 0.454 e. The molecule has 42 heavy (non-hydrogen) atoms. The van der Waals surface area contributed by atoms with Crippen LogP contribution in [0.15, 0.2) is 109 Å². The van der Waals surface area contributed by atoms with Gasteiger partial charge in [-0.25, -0.2) is 0 Å². The van der Waals surface area contributed by atoms with Crippen molar-refractivity contribution >= 4 is 29.2 Å². The minimum Gasteiger partial charge on any atom is -0.454 e. The third-order valence-corrected chi connectivity index (χ3v) is 9.65. The molecule has 4 aromatic carbocycles. The molecule has 0 saturated carbocycles. The fraction of sp³-hybridized carbons (Fsp3) is 0.278. The summed E-state index contributed by atoms with van der Waals surface area (Å²) in [5, 5.41) is 3.75. The molecule has 2 saturated heterocycles. The third kappa shape index (κ3) is 3.94. The lowest BCUT2D eigenvalue weighted by atomic mass is 9.63. The van der Waals surface area contributed by atoms with Crippen molar-refractivity contribution in [3.8, 4) is 0 Å². The fourth-order valence-electron chi connectivity index (χ4n) is 7.83. The Hall–Kier alpha value is -3.93. The molecule has 212 valence electrons. The highest BCUT2D eigenvalue weighted by atomic mass is 35.5. The van der Waals surface area contributed by atoms with Gasteiger partial charge in [-0.05, 0) is 46.7 Å². The molecular formula is C36H33ClN2O3. The third-order valence-electron chi connectivity index (χ3n) is 9.31. The highest BCUT2D eigenvalue weighted by molar-refractivity contribution is 6.31. The van der Waals surface area contributed by atoms with E-state index in [0.29, 0.717) is 11.4 Å². The van der Waals surface area contributed by atoms with Crippen molar-refractivity contribution in [2.75, 3.05) is 5.32 Å². The Balaban J connectivity index is 1.55. The molecule has 4 aromatic rings. The maximum absolute atomic E-state index is 14.7. The van der Waals surface area contributed by atoms with Gasteiger partial charge in [0.25, 0.3) is 0 Å². The van der Waals surface area contributed by atoms with Crippen LogP contribution in [-0.4, -0.2) is 28.9 Å². The van der Waals surface area contributed by atoms with Crippen LogP contribution in [0, 0.1) is 5.92 Å². The Morgan fingerprint density at radius 1 is 0.810 bits per heavy atom. The zero-order valence-corrected chi connectivity index (χ0v) is 24.4. The minimum atomic E-state index is -1.06. The molecule has 0 bridgehead atoms. The number of para-hydroxylation sites is 1. The number of nitrogens with zero attached hydrogens (tertiary/aromatic N) is 1. The summed E-state index contributed by atoms with van der Waals surface area (Å²) in [6.07, 6.45) is 0.158. The van der Waals surface area contributed by atoms with Crippen molar-refractivity contribution in [1.29, 1.82) is 0 Å². The topological polar surface area (TPSA) is 58.6 Å². The molecule has 6 atom stereocenters. The van der Waals surface area contributed by atoms with Crippen LogP contribution in [0.4, 0.5) is 5.69 Å². The molecule has 0 unspecified atom stereocenters. The number of hydrogen-bond donors (Lipinski definition) is 1. The second kappa shape index (κ2) is 10.4. The Morgan fingerprint density at radius 2 is 1.43 bits per heavy atom. The number of cyclic esters (lactones) is 1. The van der Waals surface area contributed by atoms with Crippen molar-refractivity contribution < 1.29 is 14.3 Å². The second-order valence-corrected chi connectivity index (χ2v) is 12.4. The number of nitrogens with one attached hydrogen (secondary N) is 1. The summed E-state index contributed by atoms with van der Waals surface area (Å²) in [5.74, 6) is -0.732. The highest BCUT2D eigenvalue weighted by Crippen LogP contribution is 2.64. The fourth-order valence-corrected chi connectivity index (χ4v) is 8.08. The number of hydrogen-bond acceptors (Lipinski definition) is 4. The van der Waals surface area contributed by atoms with Gasteiger partial charge in [0.1, 0.15) is 17.6 Å². The molecule has 7 rings (SSSR count). The molecule has 0 aromatic heterocycles. The Kier molecular flexibility index (Phi) is 6.68. The quantitative estimate of drug-likeness (QED) is 0.251. The number of anilines is 1. The first kappa shape index (κ1) is 26.9. The van der Waals surface area contributed by atoms with Gasteiger partial charge in [-0.1, -0.05) is 123 Å². The summed E-state index contributed by atoms with van der Waals surface area (Å²) in [7, 11) is 0. The standard InChI is InChI=1S/C36H33ClN2O3/c1-22(2)21-29-36(26-18-10-12-20-28(26)38-35(36)41)30(25-17-9-11-19-27(25)37)32-34(40)42-33(24-15-7-4-8-16-24)31(39(29)32)23-13-5-3-6-14-23/h3-20,22,29-33H,21H2,1-2H3,(H,38,41)/t29-,30-,31+,32+,33-,36-/m0/s1. The van der Waals surface area contributed by atoms with E-state index in [4.69, 9.17) is 16.3 Å². The summed E-state index contributed by atoms with van der Waals surface area (Å²) in [6, 6.07) is 34.4. The highest BCUT2D eigenvalue weighted by Gasteiger charge is 2.71. The summed E-state index contributed by atoms with van der Waals surface area (Å²) >= 11 is 6.95. The van der Waals surface area contributed by atoms with E-state index in [1.807, 2.05) is 97.1 Å². The van der Waals surface area contributed by atoms with Gasteiger partial charge in [-0.15, -0.1) is 0 Å². The number of carbonyl (C=O) groups is 2. The average Bonchev–Trinajstić information content (AvgIpc) is 3.46. The van der Waals surface area contributed by atoms with Gasteiger partial charge in [-0.3, -0.25) is 14.5 Å². The Morgan fingerprint density at radius 3 is 2.12 bits per heavy atom. The lowest BCUT2D eigenvalue weighted by Gasteiger charge is -2.46. The molecule has 1 spiro atoms. The van der Waals surface area contributed by atoms with Gasteiger partial charge in [-0.2, -0.15) is 0 Å². The summed E-state index contributed by atoms with van der Waals surface area (Å²) in [6.45, 7) is 4.36. The van der Waals surface area contributed by atoms with E-state index in [1.165, 1.54) is 0 Å². The first-order chi connectivity index (χ1) is 20.4. The molecule has 6 heteroatoms. The van der Waals surface area contributed by atoms with Gasteiger partial charge in [0.15, 0.2) is 0 Å². The maximum atomic E-state index is 14.7. The van der Waals surface area contributed by atoms with Crippen LogP contribution in [0.1, 0.15) is 60.6 Å². The zero-order chi connectivity index (χ0) is 29.0. The van der Waals surface area contributed by atoms with Crippen LogP contribution < -0.4 is 5.32 Å². The van der Waals surface area contributed by atoms with E-state index >= 15 is 0 Å². The summed E-state index contributed by atoms with van der Waals surface area (Å²) in [5.41, 5.74) is 3.39. The smallest absolute Gasteiger partial charge is 0.324 e. The van der Waals surface area contributed by atoms with Crippen LogP contribution in [0.25, 0.3) is 0 Å². The molecule has 3 aliphatic heterocycles. The van der Waals surface area contributed by atoms with Gasteiger partial charge in [0.2, 0.25) is 5.91 Å². The monoisotopic (exact) mass is 576 g/mol. The number of carbonyl (C=O) groups excluding carboxylic acids is 2. The van der Waals surface area contributed by atoms with E-state index in [9.17, 15) is 9.59 Å². The lowest BCUT2D eigenvalue weighted by Crippen LogP contribution is -2.54. The number of fused-ring (bicyclic) bond motifs is 3. The van der Waals surface area contributed by atoms with Crippen LogP contribution in [0.3, 0.4) is 0 Å². The second-order valence-electron chi connectivity index (χ2n) is 12.0. The molecule has 1 amide bonds. The normalized spacial score (nSPS) is 28.4. The number of rotatable bonds is 5. The van der Waals surface area contributed by atoms with Crippen LogP contribution in [0.2, 0.25) is 5.02 Å². The number of esters is 1. The summed E-state index contributed by atoms with van der Waals surface area (Å²) in [4.78, 5) is 31.5. The van der Waals surface area contributed by atoms with Gasteiger partial charge in [0.05, 0.1) is 6.04 Å². The number of ether oxygens (including phenoxy) is 1. The average molecular weight is 577 g/mol. The molecule has 0 radical (unpaired) electrons. The predicted molar refractivity (Wildman–Crippen MR) is 164 cm³/mol. The molecule has 3 heterocycles. The van der Waals surface area contributed by atoms with Gasteiger partial charge >= 0.3 is 5.97 Å². The van der Waals surface area contributed by atoms with Crippen molar-refractivity contribution in [2.24, 2.45) is 5.92 Å². The molecule has 1 N–H and O–H groups in total. The van der Waals surface area contributed by atoms with Gasteiger partial charge in [0, 0.05) is 22.7 Å². The Bertz CT molecular complexity index is 1640. The molecule has 2 fully saturated rings. The molecule has 3 aliphatic rings. The van der Waals surface area contributed by atoms with E-state index in [2.05, 4.69) is 36.2 Å². The maximum Gasteiger partial charge on any atom is 0.324 e. The predicted octanol–water partition coefficient (Wildman–Crippen LogP) is 7.45. The van der Waals surface area contributed by atoms with Crippen molar-refractivity contribution in [3.05, 3.63) is 136 Å². The van der Waals surface area contributed by atoms with Gasteiger partial charge < -0.3 is 10.1 Å².